The van der Waals surface area contributed by atoms with Crippen LogP contribution in [-0.2, 0) is 7.05 Å². The maximum Gasteiger partial charge on any atom is 0.272 e. The molecule has 0 saturated carbocycles. The first-order valence-corrected chi connectivity index (χ1v) is 8.20. The molecule has 0 saturated heterocycles. The molecule has 134 valence electrons. The average molecular weight is 364 g/mol. The van der Waals surface area contributed by atoms with Crippen molar-refractivity contribution in [1.82, 2.24) is 34.9 Å². The number of hydrogen-bond donors (Lipinski definition) is 2. The van der Waals surface area contributed by atoms with Gasteiger partial charge in [-0.05, 0) is 12.1 Å². The van der Waals surface area contributed by atoms with E-state index in [1.807, 2.05) is 0 Å². The summed E-state index contributed by atoms with van der Waals surface area (Å²) in [6, 6.07) is 2.20. The van der Waals surface area contributed by atoms with Crippen LogP contribution >= 0.6 is 0 Å². The predicted molar refractivity (Wildman–Crippen MR) is 93.6 cm³/mol. The molecule has 10 heteroatoms. The largest absolute Gasteiger partial charge is 0.376 e. The highest BCUT2D eigenvalue weighted by Crippen LogP contribution is 2.45. The first-order valence-electron chi connectivity index (χ1n) is 8.20. The fourth-order valence-electron chi connectivity index (χ4n) is 3.64. The Hall–Kier alpha value is -3.69. The highest BCUT2D eigenvalue weighted by atomic mass is 19.1. The number of nitrogens with zero attached hydrogens (tertiary/aromatic N) is 6. The molecule has 0 radical (unpaired) electrons. The van der Waals surface area contributed by atoms with Crippen LogP contribution in [0.2, 0.25) is 0 Å². The Morgan fingerprint density at radius 2 is 2.00 bits per heavy atom. The van der Waals surface area contributed by atoms with Gasteiger partial charge in [-0.15, -0.1) is 0 Å². The third kappa shape index (κ3) is 2.30. The van der Waals surface area contributed by atoms with Crippen LogP contribution in [0.3, 0.4) is 0 Å². The van der Waals surface area contributed by atoms with Gasteiger partial charge in [-0.25, -0.2) is 24.4 Å². The summed E-state index contributed by atoms with van der Waals surface area (Å²) in [4.78, 5) is 24.8. The molecule has 0 spiro atoms. The van der Waals surface area contributed by atoms with E-state index in [1.54, 1.807) is 24.1 Å². The lowest BCUT2D eigenvalue weighted by atomic mass is 9.84. The van der Waals surface area contributed by atoms with Crippen LogP contribution < -0.4 is 10.9 Å². The molecule has 9 nitrogen and oxygen atoms in total. The minimum Gasteiger partial charge on any atom is -0.376 e. The van der Waals surface area contributed by atoms with E-state index >= 15 is 0 Å². The monoisotopic (exact) mass is 364 g/mol. The summed E-state index contributed by atoms with van der Waals surface area (Å²) in [5.41, 5.74) is 1.41. The zero-order chi connectivity index (χ0) is 18.5. The molecule has 1 aliphatic heterocycles. The lowest BCUT2D eigenvalue weighted by Crippen LogP contribution is -2.30. The van der Waals surface area contributed by atoms with E-state index in [-0.39, 0.29) is 17.3 Å². The number of aromatic amines is 1. The van der Waals surface area contributed by atoms with Crippen molar-refractivity contribution >= 4 is 16.5 Å². The van der Waals surface area contributed by atoms with Gasteiger partial charge in [0, 0.05) is 36.1 Å². The van der Waals surface area contributed by atoms with Gasteiger partial charge in [0.15, 0.2) is 0 Å². The molecule has 4 heterocycles. The van der Waals surface area contributed by atoms with Crippen LogP contribution in [0.4, 0.5) is 10.1 Å². The summed E-state index contributed by atoms with van der Waals surface area (Å²) in [6.45, 7) is 0. The number of aryl methyl sites for hydroxylation is 1. The Balaban J connectivity index is 1.85. The summed E-state index contributed by atoms with van der Waals surface area (Å²) in [5.74, 6) is -0.249. The molecule has 27 heavy (non-hydrogen) atoms. The summed E-state index contributed by atoms with van der Waals surface area (Å²) < 4.78 is 15.8. The van der Waals surface area contributed by atoms with Gasteiger partial charge in [0.25, 0.3) is 5.56 Å². The number of hydrogen-bond acceptors (Lipinski definition) is 7. The van der Waals surface area contributed by atoms with Crippen LogP contribution in [0.5, 0.6) is 0 Å². The molecule has 0 bridgehead atoms. The van der Waals surface area contributed by atoms with E-state index in [1.165, 1.54) is 24.8 Å². The highest BCUT2D eigenvalue weighted by Gasteiger charge is 2.38. The van der Waals surface area contributed by atoms with Gasteiger partial charge in [0.2, 0.25) is 0 Å². The maximum absolute atomic E-state index is 14.1. The highest BCUT2D eigenvalue weighted by molar-refractivity contribution is 5.97. The third-order valence-corrected chi connectivity index (χ3v) is 4.78. The van der Waals surface area contributed by atoms with Crippen LogP contribution in [-0.4, -0.2) is 34.9 Å². The van der Waals surface area contributed by atoms with Gasteiger partial charge < -0.3 is 5.32 Å². The summed E-state index contributed by atoms with van der Waals surface area (Å²) >= 11 is 0. The van der Waals surface area contributed by atoms with E-state index in [0.29, 0.717) is 22.6 Å². The zero-order valence-electron chi connectivity index (χ0n) is 14.1. The van der Waals surface area contributed by atoms with E-state index in [0.717, 1.165) is 5.56 Å². The topological polar surface area (TPSA) is 114 Å². The Morgan fingerprint density at radius 1 is 1.19 bits per heavy atom. The average Bonchev–Trinajstić information content (AvgIpc) is 3.10. The molecule has 3 aromatic heterocycles. The van der Waals surface area contributed by atoms with Gasteiger partial charge in [0.05, 0.1) is 23.0 Å². The Labute approximate surface area is 151 Å². The molecule has 0 aliphatic carbocycles. The third-order valence-electron chi connectivity index (χ3n) is 4.78. The first kappa shape index (κ1) is 15.6. The van der Waals surface area contributed by atoms with Crippen molar-refractivity contribution in [2.75, 3.05) is 5.32 Å². The molecular weight excluding hydrogens is 351 g/mol. The van der Waals surface area contributed by atoms with Crippen LogP contribution in [0, 0.1) is 5.82 Å². The second kappa shape index (κ2) is 5.66. The number of H-pyrrole nitrogens is 1. The van der Waals surface area contributed by atoms with Crippen molar-refractivity contribution in [1.29, 1.82) is 0 Å². The quantitative estimate of drug-likeness (QED) is 0.551. The van der Waals surface area contributed by atoms with Crippen molar-refractivity contribution in [3.05, 3.63) is 70.4 Å². The summed E-state index contributed by atoms with van der Waals surface area (Å²) in [7, 11) is 1.78. The fraction of sp³-hybridized carbons (Fsp3) is 0.176. The molecule has 0 amide bonds. The fourth-order valence-corrected chi connectivity index (χ4v) is 3.64. The number of aromatic nitrogens is 7. The molecule has 0 fully saturated rings. The van der Waals surface area contributed by atoms with E-state index < -0.39 is 11.4 Å². The molecule has 2 atom stereocenters. The SMILES string of the molecule is Cn1ncnc1C1c2n[nH]c(=O)c3cc(F)cc(c23)NC1c1cncnc1. The summed E-state index contributed by atoms with van der Waals surface area (Å²) in [5, 5.41) is 15.1. The Bertz CT molecular complexity index is 1220. The molecule has 1 aliphatic rings. The number of nitrogens with one attached hydrogen (secondary N) is 2. The number of benzene rings is 1. The Morgan fingerprint density at radius 3 is 2.74 bits per heavy atom. The minimum absolute atomic E-state index is 0.234. The van der Waals surface area contributed by atoms with E-state index in [9.17, 15) is 9.18 Å². The van der Waals surface area contributed by atoms with Crippen LogP contribution in [0.15, 0.2) is 42.0 Å². The van der Waals surface area contributed by atoms with Crippen LogP contribution in [0.25, 0.3) is 10.8 Å². The minimum atomic E-state index is -0.507. The number of halogens is 1. The van der Waals surface area contributed by atoms with E-state index in [4.69, 9.17) is 0 Å². The van der Waals surface area contributed by atoms with Gasteiger partial charge >= 0.3 is 0 Å². The van der Waals surface area contributed by atoms with Crippen molar-refractivity contribution in [2.24, 2.45) is 7.05 Å². The van der Waals surface area contributed by atoms with Gasteiger partial charge in [0.1, 0.15) is 24.3 Å². The smallest absolute Gasteiger partial charge is 0.272 e. The second-order valence-electron chi connectivity index (χ2n) is 6.33. The normalized spacial score (nSPS) is 18.4. The van der Waals surface area contributed by atoms with Gasteiger partial charge in [-0.2, -0.15) is 10.2 Å². The number of anilines is 1. The lowest BCUT2D eigenvalue weighted by Gasteiger charge is -2.33. The molecule has 1 aromatic carbocycles. The van der Waals surface area contributed by atoms with Crippen molar-refractivity contribution < 1.29 is 4.39 Å². The standard InChI is InChI=1S/C17H13FN8O/c1-26-16(21-7-22-26)13-14(8-4-19-6-20-5-8)23-11-3-9(18)2-10-12(11)15(13)24-25-17(10)27/h2-7,13-14,23H,1H3,(H,25,27). The molecular formula is C17H13FN8O. The van der Waals surface area contributed by atoms with Crippen LogP contribution in [0.1, 0.15) is 29.0 Å². The Kier molecular flexibility index (Phi) is 3.26. The first-order chi connectivity index (χ1) is 13.1. The lowest BCUT2D eigenvalue weighted by molar-refractivity contribution is 0.562. The molecule has 2 N–H and O–H groups in total. The maximum atomic E-state index is 14.1. The van der Waals surface area contributed by atoms with Gasteiger partial charge in [-0.1, -0.05) is 0 Å². The van der Waals surface area contributed by atoms with Crippen molar-refractivity contribution in [2.45, 2.75) is 12.0 Å². The molecule has 4 aromatic rings. The van der Waals surface area contributed by atoms with E-state index in [2.05, 4.69) is 35.6 Å². The predicted octanol–water partition coefficient (Wildman–Crippen LogP) is 1.28. The van der Waals surface area contributed by atoms with Crippen molar-refractivity contribution in [3.8, 4) is 0 Å². The second-order valence-corrected chi connectivity index (χ2v) is 6.33. The van der Waals surface area contributed by atoms with Gasteiger partial charge in [-0.3, -0.25) is 9.48 Å². The molecule has 5 rings (SSSR count). The summed E-state index contributed by atoms with van der Waals surface area (Å²) in [6.07, 6.45) is 6.26. The molecule has 2 unspecified atom stereocenters. The number of rotatable bonds is 2. The van der Waals surface area contributed by atoms with Crippen molar-refractivity contribution in [3.63, 3.8) is 0 Å². The zero-order valence-corrected chi connectivity index (χ0v) is 14.1.